The van der Waals surface area contributed by atoms with Crippen LogP contribution in [-0.4, -0.2) is 17.4 Å². The van der Waals surface area contributed by atoms with Crippen LogP contribution in [0.3, 0.4) is 0 Å². The first-order valence-corrected chi connectivity index (χ1v) is 9.15. The highest BCUT2D eigenvalue weighted by atomic mass is 32.1. The van der Waals surface area contributed by atoms with Crippen LogP contribution in [0.2, 0.25) is 0 Å². The molecule has 0 aliphatic heterocycles. The lowest BCUT2D eigenvalue weighted by atomic mass is 10.1. The molecule has 0 saturated carbocycles. The van der Waals surface area contributed by atoms with Crippen LogP contribution in [0.5, 0.6) is 0 Å². The lowest BCUT2D eigenvalue weighted by Gasteiger charge is -2.05. The highest BCUT2D eigenvalue weighted by molar-refractivity contribution is 7.14. The smallest absolute Gasteiger partial charge is 0.270 e. The van der Waals surface area contributed by atoms with Crippen molar-refractivity contribution in [2.24, 2.45) is 0 Å². The molecule has 0 unspecified atom stereocenters. The number of hydrogen-bond donors (Lipinski definition) is 2. The molecule has 0 saturated heterocycles. The first-order chi connectivity index (χ1) is 11.2. The van der Waals surface area contributed by atoms with Crippen LogP contribution in [0.1, 0.15) is 55.1 Å². The Morgan fingerprint density at radius 2 is 1.96 bits per heavy atom. The van der Waals surface area contributed by atoms with Crippen molar-refractivity contribution in [1.82, 2.24) is 10.3 Å². The van der Waals surface area contributed by atoms with Gasteiger partial charge in [0.25, 0.3) is 5.91 Å². The van der Waals surface area contributed by atoms with E-state index in [1.54, 1.807) is 5.38 Å². The van der Waals surface area contributed by atoms with E-state index in [9.17, 15) is 4.79 Å². The summed E-state index contributed by atoms with van der Waals surface area (Å²) in [6.45, 7) is 4.97. The van der Waals surface area contributed by atoms with Gasteiger partial charge in [-0.1, -0.05) is 50.8 Å². The number of benzene rings is 1. The maximum atomic E-state index is 12.1. The van der Waals surface area contributed by atoms with Gasteiger partial charge >= 0.3 is 0 Å². The zero-order chi connectivity index (χ0) is 16.5. The third-order valence-electron chi connectivity index (χ3n) is 3.69. The summed E-state index contributed by atoms with van der Waals surface area (Å²) in [4.78, 5) is 16.4. The monoisotopic (exact) mass is 331 g/mol. The second-order valence-corrected chi connectivity index (χ2v) is 6.51. The van der Waals surface area contributed by atoms with E-state index in [0.29, 0.717) is 5.69 Å². The zero-order valence-corrected chi connectivity index (χ0v) is 14.7. The van der Waals surface area contributed by atoms with Crippen LogP contribution >= 0.6 is 11.3 Å². The molecule has 0 radical (unpaired) electrons. The molecule has 2 rings (SSSR count). The molecule has 1 aromatic heterocycles. The first kappa shape index (κ1) is 17.5. The minimum Gasteiger partial charge on any atom is -0.351 e. The summed E-state index contributed by atoms with van der Waals surface area (Å²) >= 11 is 1.45. The van der Waals surface area contributed by atoms with Gasteiger partial charge in [0.15, 0.2) is 5.13 Å². The number of para-hydroxylation sites is 1. The van der Waals surface area contributed by atoms with Crippen LogP contribution in [-0.2, 0) is 0 Å². The van der Waals surface area contributed by atoms with Crippen molar-refractivity contribution in [3.8, 4) is 0 Å². The van der Waals surface area contributed by atoms with Gasteiger partial charge in [-0.3, -0.25) is 4.79 Å². The van der Waals surface area contributed by atoms with Crippen molar-refractivity contribution >= 4 is 28.1 Å². The average molecular weight is 331 g/mol. The molecule has 0 spiro atoms. The van der Waals surface area contributed by atoms with Gasteiger partial charge in [-0.2, -0.15) is 0 Å². The molecule has 4 nitrogen and oxygen atoms in total. The van der Waals surface area contributed by atoms with Crippen molar-refractivity contribution in [2.45, 2.75) is 46.0 Å². The number of amides is 1. The van der Waals surface area contributed by atoms with Gasteiger partial charge in [-0.25, -0.2) is 4.98 Å². The molecule has 124 valence electrons. The molecule has 1 heterocycles. The Balaban J connectivity index is 1.79. The van der Waals surface area contributed by atoms with Gasteiger partial charge in [0.05, 0.1) is 0 Å². The van der Waals surface area contributed by atoms with E-state index in [-0.39, 0.29) is 5.91 Å². The Kier molecular flexibility index (Phi) is 7.07. The predicted molar refractivity (Wildman–Crippen MR) is 97.7 cm³/mol. The third kappa shape index (κ3) is 5.67. The SMILES string of the molecule is CCCCCCCNC(=O)c1csc(Nc2ccccc2C)n1. The number of aromatic nitrogens is 1. The summed E-state index contributed by atoms with van der Waals surface area (Å²) in [5, 5.41) is 8.75. The minimum absolute atomic E-state index is 0.0884. The van der Waals surface area contributed by atoms with Gasteiger partial charge in [-0.15, -0.1) is 11.3 Å². The van der Waals surface area contributed by atoms with Crippen molar-refractivity contribution in [1.29, 1.82) is 0 Å². The van der Waals surface area contributed by atoms with Gasteiger partial charge in [0.2, 0.25) is 0 Å². The molecule has 0 atom stereocenters. The molecule has 2 aromatic rings. The Labute approximate surface area is 142 Å². The number of hydrogen-bond acceptors (Lipinski definition) is 4. The number of nitrogens with one attached hydrogen (secondary N) is 2. The maximum Gasteiger partial charge on any atom is 0.270 e. The van der Waals surface area contributed by atoms with Crippen molar-refractivity contribution in [3.05, 3.63) is 40.9 Å². The Morgan fingerprint density at radius 1 is 1.17 bits per heavy atom. The summed E-state index contributed by atoms with van der Waals surface area (Å²) in [5.74, 6) is -0.0884. The number of nitrogens with zero attached hydrogens (tertiary/aromatic N) is 1. The van der Waals surface area contributed by atoms with E-state index >= 15 is 0 Å². The van der Waals surface area contributed by atoms with E-state index in [2.05, 4.69) is 22.5 Å². The molecule has 0 fully saturated rings. The molecule has 2 N–H and O–H groups in total. The van der Waals surface area contributed by atoms with Crippen LogP contribution < -0.4 is 10.6 Å². The van der Waals surface area contributed by atoms with Gasteiger partial charge in [-0.05, 0) is 25.0 Å². The number of carbonyl (C=O) groups is 1. The number of thiazole rings is 1. The minimum atomic E-state index is -0.0884. The topological polar surface area (TPSA) is 54.0 Å². The fourth-order valence-corrected chi connectivity index (χ4v) is 2.99. The standard InChI is InChI=1S/C18H25N3OS/c1-3-4-5-6-9-12-19-17(22)16-13-23-18(21-16)20-15-11-8-7-10-14(15)2/h7-8,10-11,13H,3-6,9,12H2,1-2H3,(H,19,22)(H,20,21). The summed E-state index contributed by atoms with van der Waals surface area (Å²) in [6.07, 6.45) is 5.96. The van der Waals surface area contributed by atoms with E-state index < -0.39 is 0 Å². The van der Waals surface area contributed by atoms with Gasteiger partial charge in [0.1, 0.15) is 5.69 Å². The highest BCUT2D eigenvalue weighted by Crippen LogP contribution is 2.23. The first-order valence-electron chi connectivity index (χ1n) is 8.27. The van der Waals surface area contributed by atoms with Crippen LogP contribution in [0.4, 0.5) is 10.8 Å². The van der Waals surface area contributed by atoms with Crippen LogP contribution in [0, 0.1) is 6.92 Å². The second kappa shape index (κ2) is 9.30. The summed E-state index contributed by atoms with van der Waals surface area (Å²) in [7, 11) is 0. The largest absolute Gasteiger partial charge is 0.351 e. The third-order valence-corrected chi connectivity index (χ3v) is 4.45. The molecule has 23 heavy (non-hydrogen) atoms. The quantitative estimate of drug-likeness (QED) is 0.643. The van der Waals surface area contributed by atoms with Crippen molar-refractivity contribution in [3.63, 3.8) is 0 Å². The van der Waals surface area contributed by atoms with E-state index in [0.717, 1.165) is 29.3 Å². The lowest BCUT2D eigenvalue weighted by Crippen LogP contribution is -2.24. The van der Waals surface area contributed by atoms with Crippen LogP contribution in [0.25, 0.3) is 0 Å². The molecular formula is C18H25N3OS. The summed E-state index contributed by atoms with van der Waals surface area (Å²) in [5.41, 5.74) is 2.66. The van der Waals surface area contributed by atoms with Gasteiger partial charge in [0, 0.05) is 17.6 Å². The Bertz CT molecular complexity index is 624. The fraction of sp³-hybridized carbons (Fsp3) is 0.444. The molecule has 0 aliphatic carbocycles. The molecular weight excluding hydrogens is 306 g/mol. The Hall–Kier alpha value is -1.88. The number of aryl methyl sites for hydroxylation is 1. The average Bonchev–Trinajstić information content (AvgIpc) is 3.01. The van der Waals surface area contributed by atoms with Gasteiger partial charge < -0.3 is 10.6 Å². The number of rotatable bonds is 9. The zero-order valence-electron chi connectivity index (χ0n) is 13.9. The normalized spacial score (nSPS) is 10.5. The molecule has 5 heteroatoms. The molecule has 0 bridgehead atoms. The number of unbranched alkanes of at least 4 members (excludes halogenated alkanes) is 4. The fourth-order valence-electron chi connectivity index (χ4n) is 2.28. The molecule has 0 aliphatic rings. The summed E-state index contributed by atoms with van der Waals surface area (Å²) < 4.78 is 0. The predicted octanol–water partition coefficient (Wildman–Crippen LogP) is 4.90. The van der Waals surface area contributed by atoms with E-state index in [1.165, 1.54) is 37.0 Å². The highest BCUT2D eigenvalue weighted by Gasteiger charge is 2.10. The van der Waals surface area contributed by atoms with Crippen molar-refractivity contribution < 1.29 is 4.79 Å². The maximum absolute atomic E-state index is 12.1. The summed E-state index contributed by atoms with van der Waals surface area (Å²) in [6, 6.07) is 8.03. The lowest BCUT2D eigenvalue weighted by molar-refractivity contribution is 0.0948. The number of carbonyl (C=O) groups excluding carboxylic acids is 1. The number of anilines is 2. The van der Waals surface area contributed by atoms with Crippen molar-refractivity contribution in [2.75, 3.05) is 11.9 Å². The molecule has 1 amide bonds. The molecule has 1 aromatic carbocycles. The second-order valence-electron chi connectivity index (χ2n) is 5.65. The van der Waals surface area contributed by atoms with E-state index in [1.807, 2.05) is 31.2 Å². The van der Waals surface area contributed by atoms with E-state index in [4.69, 9.17) is 0 Å². The van der Waals surface area contributed by atoms with Crippen LogP contribution in [0.15, 0.2) is 29.6 Å². The Morgan fingerprint density at radius 3 is 2.74 bits per heavy atom.